The number of carboxylic acid groups (broad SMARTS) is 1. The number of aromatic carboxylic acids is 1. The van der Waals surface area contributed by atoms with E-state index in [9.17, 15) is 22.8 Å². The third-order valence-electron chi connectivity index (χ3n) is 2.14. The molecule has 1 aromatic rings. The first-order valence-electron chi connectivity index (χ1n) is 5.28. The van der Waals surface area contributed by atoms with Crippen molar-refractivity contribution in [3.8, 4) is 11.8 Å². The van der Waals surface area contributed by atoms with Crippen LogP contribution in [0.4, 0.5) is 13.2 Å². The molecule has 0 atom stereocenters. The van der Waals surface area contributed by atoms with Crippen molar-refractivity contribution in [3.05, 3.63) is 34.9 Å². The molecule has 1 rings (SSSR count). The Bertz CT molecular complexity index is 597. The quantitative estimate of drug-likeness (QED) is 0.853. The molecule has 0 aromatic heterocycles. The van der Waals surface area contributed by atoms with Crippen molar-refractivity contribution < 1.29 is 27.9 Å². The molecule has 0 aliphatic carbocycles. The SMILES string of the molecule is CC(=O)SCC#Cc1ccc(C(=O)O)c(C(F)(F)F)c1. The molecule has 0 amide bonds. The fraction of sp³-hybridized carbons (Fsp3) is 0.231. The van der Waals surface area contributed by atoms with E-state index in [2.05, 4.69) is 11.8 Å². The molecule has 0 radical (unpaired) electrons. The first kappa shape index (κ1) is 16.1. The van der Waals surface area contributed by atoms with Gasteiger partial charge in [-0.2, -0.15) is 13.2 Å². The van der Waals surface area contributed by atoms with Gasteiger partial charge in [-0.25, -0.2) is 4.79 Å². The van der Waals surface area contributed by atoms with Gasteiger partial charge in [0.05, 0.1) is 16.9 Å². The molecule has 0 spiro atoms. The molecule has 3 nitrogen and oxygen atoms in total. The van der Waals surface area contributed by atoms with Gasteiger partial charge >= 0.3 is 12.1 Å². The Balaban J connectivity index is 3.07. The van der Waals surface area contributed by atoms with E-state index in [0.29, 0.717) is 6.07 Å². The van der Waals surface area contributed by atoms with E-state index in [4.69, 9.17) is 5.11 Å². The summed E-state index contributed by atoms with van der Waals surface area (Å²) in [6.07, 6.45) is -4.76. The Morgan fingerprint density at radius 2 is 2.00 bits per heavy atom. The molecule has 0 aliphatic heterocycles. The van der Waals surface area contributed by atoms with Crippen LogP contribution in [-0.2, 0) is 11.0 Å². The van der Waals surface area contributed by atoms with Crippen molar-refractivity contribution >= 4 is 22.8 Å². The monoisotopic (exact) mass is 302 g/mol. The summed E-state index contributed by atoms with van der Waals surface area (Å²) in [7, 11) is 0. The van der Waals surface area contributed by atoms with E-state index in [-0.39, 0.29) is 16.4 Å². The van der Waals surface area contributed by atoms with Gasteiger partial charge in [0.2, 0.25) is 0 Å². The van der Waals surface area contributed by atoms with E-state index in [1.807, 2.05) is 0 Å². The average molecular weight is 302 g/mol. The Morgan fingerprint density at radius 1 is 1.35 bits per heavy atom. The third kappa shape index (κ3) is 4.63. The molecular weight excluding hydrogens is 293 g/mol. The van der Waals surface area contributed by atoms with Crippen molar-refractivity contribution in [2.75, 3.05) is 5.75 Å². The smallest absolute Gasteiger partial charge is 0.417 e. The van der Waals surface area contributed by atoms with E-state index in [1.54, 1.807) is 0 Å². The number of halogens is 3. The van der Waals surface area contributed by atoms with Crippen molar-refractivity contribution in [2.45, 2.75) is 13.1 Å². The van der Waals surface area contributed by atoms with Gasteiger partial charge in [-0.05, 0) is 18.2 Å². The van der Waals surface area contributed by atoms with E-state index < -0.39 is 23.3 Å². The molecular formula is C13H9F3O3S. The molecule has 0 fully saturated rings. The summed E-state index contributed by atoms with van der Waals surface area (Å²) in [5.74, 6) is 3.52. The lowest BCUT2D eigenvalue weighted by Gasteiger charge is -2.10. The number of alkyl halides is 3. The molecule has 0 unspecified atom stereocenters. The maximum absolute atomic E-state index is 12.7. The van der Waals surface area contributed by atoms with Crippen molar-refractivity contribution in [1.29, 1.82) is 0 Å². The standard InChI is InChI=1S/C13H9F3O3S/c1-8(17)20-6-2-3-9-4-5-10(12(18)19)11(7-9)13(14,15)16/h4-5,7H,6H2,1H3,(H,18,19). The van der Waals surface area contributed by atoms with Gasteiger partial charge in [-0.15, -0.1) is 0 Å². The van der Waals surface area contributed by atoms with Crippen LogP contribution in [0.2, 0.25) is 0 Å². The van der Waals surface area contributed by atoms with Gasteiger partial charge in [0.15, 0.2) is 5.12 Å². The van der Waals surface area contributed by atoms with Crippen LogP contribution in [0.1, 0.15) is 28.4 Å². The van der Waals surface area contributed by atoms with E-state index >= 15 is 0 Å². The van der Waals surface area contributed by atoms with Crippen LogP contribution < -0.4 is 0 Å². The second-order valence-electron chi connectivity index (χ2n) is 3.65. The summed E-state index contributed by atoms with van der Waals surface area (Å²) in [5.41, 5.74) is -2.01. The zero-order chi connectivity index (χ0) is 15.3. The summed E-state index contributed by atoms with van der Waals surface area (Å²) in [4.78, 5) is 21.4. The number of rotatable bonds is 2. The number of carbonyl (C=O) groups is 2. The number of carboxylic acids is 1. The Hall–Kier alpha value is -1.94. The highest BCUT2D eigenvalue weighted by Crippen LogP contribution is 2.32. The Kier molecular flexibility index (Phi) is 5.22. The summed E-state index contributed by atoms with van der Waals surface area (Å²) in [6.45, 7) is 1.36. The molecule has 1 N–H and O–H groups in total. The first-order valence-corrected chi connectivity index (χ1v) is 6.27. The van der Waals surface area contributed by atoms with Crippen LogP contribution in [0, 0.1) is 11.8 Å². The lowest BCUT2D eigenvalue weighted by atomic mass is 10.0. The minimum Gasteiger partial charge on any atom is -0.478 e. The normalized spacial score (nSPS) is 10.6. The predicted molar refractivity (Wildman–Crippen MR) is 68.4 cm³/mol. The summed E-state index contributed by atoms with van der Waals surface area (Å²) in [5, 5.41) is 8.58. The summed E-state index contributed by atoms with van der Waals surface area (Å²) in [6, 6.07) is 2.76. The molecule has 0 saturated carbocycles. The van der Waals surface area contributed by atoms with E-state index in [0.717, 1.165) is 17.8 Å². The van der Waals surface area contributed by atoms with Gasteiger partial charge in [0, 0.05) is 12.5 Å². The van der Waals surface area contributed by atoms with Gasteiger partial charge < -0.3 is 5.11 Å². The fourth-order valence-corrected chi connectivity index (χ4v) is 1.67. The lowest BCUT2D eigenvalue weighted by Crippen LogP contribution is -2.13. The largest absolute Gasteiger partial charge is 0.478 e. The highest BCUT2D eigenvalue weighted by atomic mass is 32.2. The second kappa shape index (κ2) is 6.48. The highest BCUT2D eigenvalue weighted by Gasteiger charge is 2.35. The number of thioether (sulfide) groups is 1. The first-order chi connectivity index (χ1) is 9.21. The highest BCUT2D eigenvalue weighted by molar-refractivity contribution is 8.13. The second-order valence-corrected chi connectivity index (χ2v) is 4.80. The predicted octanol–water partition coefficient (Wildman–Crippen LogP) is 3.03. The van der Waals surface area contributed by atoms with Crippen molar-refractivity contribution in [3.63, 3.8) is 0 Å². The number of benzene rings is 1. The minimum atomic E-state index is -4.76. The van der Waals surface area contributed by atoms with Crippen molar-refractivity contribution in [1.82, 2.24) is 0 Å². The molecule has 0 aliphatic rings. The zero-order valence-electron chi connectivity index (χ0n) is 10.2. The third-order valence-corrected chi connectivity index (χ3v) is 2.83. The molecule has 0 bridgehead atoms. The van der Waals surface area contributed by atoms with Gasteiger partial charge in [0.25, 0.3) is 0 Å². The van der Waals surface area contributed by atoms with Crippen LogP contribution >= 0.6 is 11.8 Å². The molecule has 7 heteroatoms. The van der Waals surface area contributed by atoms with E-state index in [1.165, 1.54) is 13.0 Å². The van der Waals surface area contributed by atoms with Crippen LogP contribution in [0.5, 0.6) is 0 Å². The van der Waals surface area contributed by atoms with Crippen LogP contribution in [0.3, 0.4) is 0 Å². The van der Waals surface area contributed by atoms with Gasteiger partial charge in [0.1, 0.15) is 0 Å². The Morgan fingerprint density at radius 3 is 2.50 bits per heavy atom. The van der Waals surface area contributed by atoms with Crippen LogP contribution in [0.25, 0.3) is 0 Å². The minimum absolute atomic E-state index is 0.0477. The number of hydrogen-bond donors (Lipinski definition) is 1. The number of carbonyl (C=O) groups excluding carboxylic acids is 1. The fourth-order valence-electron chi connectivity index (χ4n) is 1.32. The molecule has 0 heterocycles. The Labute approximate surface area is 117 Å². The summed E-state index contributed by atoms with van der Waals surface area (Å²) < 4.78 is 38.2. The molecule has 0 saturated heterocycles. The maximum atomic E-state index is 12.7. The molecule has 106 valence electrons. The maximum Gasteiger partial charge on any atom is 0.417 e. The molecule has 1 aromatic carbocycles. The lowest BCUT2D eigenvalue weighted by molar-refractivity contribution is -0.138. The average Bonchev–Trinajstić information content (AvgIpc) is 2.33. The van der Waals surface area contributed by atoms with Crippen LogP contribution in [0.15, 0.2) is 18.2 Å². The topological polar surface area (TPSA) is 54.4 Å². The number of hydrogen-bond acceptors (Lipinski definition) is 3. The zero-order valence-corrected chi connectivity index (χ0v) is 11.1. The van der Waals surface area contributed by atoms with Crippen molar-refractivity contribution in [2.24, 2.45) is 0 Å². The van der Waals surface area contributed by atoms with Gasteiger partial charge in [-0.3, -0.25) is 4.79 Å². The van der Waals surface area contributed by atoms with Crippen LogP contribution in [-0.4, -0.2) is 21.9 Å². The van der Waals surface area contributed by atoms with Gasteiger partial charge in [-0.1, -0.05) is 23.6 Å². The molecule has 20 heavy (non-hydrogen) atoms. The summed E-state index contributed by atoms with van der Waals surface area (Å²) >= 11 is 0.939.